The molecule has 0 unspecified atom stereocenters. The first-order valence-corrected chi connectivity index (χ1v) is 6.21. The zero-order chi connectivity index (χ0) is 13.1. The third-order valence-corrected chi connectivity index (χ3v) is 3.90. The minimum Gasteiger partial charge on any atom is -0.394 e. The first-order chi connectivity index (χ1) is 7.78. The van der Waals surface area contributed by atoms with Crippen molar-refractivity contribution in [2.75, 3.05) is 13.2 Å². The Morgan fingerprint density at radius 2 is 1.82 bits per heavy atom. The number of hydrogen-bond acceptors (Lipinski definition) is 2. The summed E-state index contributed by atoms with van der Waals surface area (Å²) in [5.41, 5.74) is -0.721. The fourth-order valence-electron chi connectivity index (χ4n) is 2.54. The van der Waals surface area contributed by atoms with Crippen LogP contribution in [-0.4, -0.2) is 30.0 Å². The fourth-order valence-corrected chi connectivity index (χ4v) is 2.54. The van der Waals surface area contributed by atoms with Crippen LogP contribution in [0.2, 0.25) is 0 Å². The van der Waals surface area contributed by atoms with Gasteiger partial charge in [0.2, 0.25) is 0 Å². The van der Waals surface area contributed by atoms with Crippen molar-refractivity contribution >= 4 is 0 Å². The van der Waals surface area contributed by atoms with E-state index in [0.717, 1.165) is 12.8 Å². The minimum atomic E-state index is -4.21. The van der Waals surface area contributed by atoms with E-state index in [2.05, 4.69) is 19.2 Å². The molecule has 0 aromatic heterocycles. The number of alkyl halides is 3. The summed E-state index contributed by atoms with van der Waals surface area (Å²) in [5, 5.41) is 11.8. The van der Waals surface area contributed by atoms with E-state index in [4.69, 9.17) is 0 Å². The number of aliphatic hydroxyl groups is 1. The quantitative estimate of drug-likeness (QED) is 0.807. The second-order valence-corrected chi connectivity index (χ2v) is 5.49. The van der Waals surface area contributed by atoms with E-state index in [1.807, 2.05) is 0 Å². The fraction of sp³-hybridized carbons (Fsp3) is 1.00. The predicted molar refractivity (Wildman–Crippen MR) is 60.7 cm³/mol. The molecule has 1 rings (SSSR count). The van der Waals surface area contributed by atoms with E-state index >= 15 is 0 Å². The van der Waals surface area contributed by atoms with Crippen molar-refractivity contribution in [1.82, 2.24) is 5.32 Å². The Kier molecular flexibility index (Phi) is 4.84. The van der Waals surface area contributed by atoms with Crippen LogP contribution in [0.3, 0.4) is 0 Å². The molecule has 0 aromatic carbocycles. The van der Waals surface area contributed by atoms with E-state index in [1.165, 1.54) is 0 Å². The summed E-state index contributed by atoms with van der Waals surface area (Å²) in [5.74, 6) is 1.14. The first kappa shape index (κ1) is 14.8. The standard InChI is InChI=1S/C12H22F3NO/c1-9(2)10-3-5-11(8-17,6-4-10)16-7-12(13,14)15/h9-10,16-17H,3-8H2,1-2H3. The van der Waals surface area contributed by atoms with E-state index < -0.39 is 18.3 Å². The van der Waals surface area contributed by atoms with Crippen LogP contribution in [0.15, 0.2) is 0 Å². The highest BCUT2D eigenvalue weighted by Crippen LogP contribution is 2.36. The third-order valence-electron chi connectivity index (χ3n) is 3.90. The molecule has 2 N–H and O–H groups in total. The minimum absolute atomic E-state index is 0.214. The van der Waals surface area contributed by atoms with Gasteiger partial charge in [-0.2, -0.15) is 13.2 Å². The summed E-state index contributed by atoms with van der Waals surface area (Å²) >= 11 is 0. The predicted octanol–water partition coefficient (Wildman–Crippen LogP) is 2.72. The van der Waals surface area contributed by atoms with Crippen molar-refractivity contribution in [2.24, 2.45) is 11.8 Å². The van der Waals surface area contributed by atoms with Crippen LogP contribution >= 0.6 is 0 Å². The topological polar surface area (TPSA) is 32.3 Å². The molecule has 0 heterocycles. The molecular formula is C12H22F3NO. The molecule has 0 amide bonds. The summed E-state index contributed by atoms with van der Waals surface area (Å²) in [6, 6.07) is 0. The Labute approximate surface area is 101 Å². The Morgan fingerprint density at radius 1 is 1.29 bits per heavy atom. The third kappa shape index (κ3) is 4.47. The van der Waals surface area contributed by atoms with Gasteiger partial charge < -0.3 is 10.4 Å². The average Bonchev–Trinajstić information content (AvgIpc) is 2.26. The summed E-state index contributed by atoms with van der Waals surface area (Å²) < 4.78 is 36.5. The van der Waals surface area contributed by atoms with Gasteiger partial charge in [0.15, 0.2) is 0 Å². The molecule has 1 saturated carbocycles. The highest BCUT2D eigenvalue weighted by Gasteiger charge is 2.38. The van der Waals surface area contributed by atoms with Gasteiger partial charge in [0.1, 0.15) is 0 Å². The van der Waals surface area contributed by atoms with Crippen molar-refractivity contribution in [3.8, 4) is 0 Å². The van der Waals surface area contributed by atoms with Crippen molar-refractivity contribution in [1.29, 1.82) is 0 Å². The normalized spacial score (nSPS) is 30.9. The maximum atomic E-state index is 12.2. The van der Waals surface area contributed by atoms with Crippen LogP contribution in [0.25, 0.3) is 0 Å². The van der Waals surface area contributed by atoms with Crippen LogP contribution < -0.4 is 5.32 Å². The second-order valence-electron chi connectivity index (χ2n) is 5.49. The zero-order valence-corrected chi connectivity index (χ0v) is 10.5. The van der Waals surface area contributed by atoms with Gasteiger partial charge in [0, 0.05) is 5.54 Å². The van der Waals surface area contributed by atoms with Crippen molar-refractivity contribution < 1.29 is 18.3 Å². The molecule has 0 bridgehead atoms. The lowest BCUT2D eigenvalue weighted by Crippen LogP contribution is -2.53. The summed E-state index contributed by atoms with van der Waals surface area (Å²) in [7, 11) is 0. The van der Waals surface area contributed by atoms with Gasteiger partial charge in [-0.1, -0.05) is 13.8 Å². The van der Waals surface area contributed by atoms with E-state index in [0.29, 0.717) is 24.7 Å². The molecule has 0 atom stereocenters. The zero-order valence-electron chi connectivity index (χ0n) is 10.5. The van der Waals surface area contributed by atoms with Gasteiger partial charge in [0.05, 0.1) is 13.2 Å². The smallest absolute Gasteiger partial charge is 0.394 e. The van der Waals surface area contributed by atoms with Gasteiger partial charge >= 0.3 is 6.18 Å². The first-order valence-electron chi connectivity index (χ1n) is 6.21. The van der Waals surface area contributed by atoms with Gasteiger partial charge in [-0.15, -0.1) is 0 Å². The van der Waals surface area contributed by atoms with Gasteiger partial charge in [-0.05, 0) is 37.5 Å². The molecular weight excluding hydrogens is 231 g/mol. The number of nitrogens with one attached hydrogen (secondary N) is 1. The summed E-state index contributed by atoms with van der Waals surface area (Å²) in [4.78, 5) is 0. The van der Waals surface area contributed by atoms with Crippen LogP contribution in [0.1, 0.15) is 39.5 Å². The monoisotopic (exact) mass is 253 g/mol. The maximum Gasteiger partial charge on any atom is 0.401 e. The molecule has 0 aliphatic heterocycles. The Balaban J connectivity index is 2.49. The highest BCUT2D eigenvalue weighted by atomic mass is 19.4. The Bertz CT molecular complexity index is 232. The van der Waals surface area contributed by atoms with Crippen LogP contribution in [0.5, 0.6) is 0 Å². The molecule has 17 heavy (non-hydrogen) atoms. The highest BCUT2D eigenvalue weighted by molar-refractivity contribution is 4.93. The summed E-state index contributed by atoms with van der Waals surface area (Å²) in [6.07, 6.45) is -1.17. The summed E-state index contributed by atoms with van der Waals surface area (Å²) in [6.45, 7) is 3.05. The van der Waals surface area contributed by atoms with Crippen LogP contribution in [0.4, 0.5) is 13.2 Å². The molecule has 0 spiro atoms. The SMILES string of the molecule is CC(C)C1CCC(CO)(NCC(F)(F)F)CC1. The van der Waals surface area contributed by atoms with Gasteiger partial charge in [0.25, 0.3) is 0 Å². The van der Waals surface area contributed by atoms with E-state index in [1.54, 1.807) is 0 Å². The van der Waals surface area contributed by atoms with Crippen molar-refractivity contribution in [3.63, 3.8) is 0 Å². The van der Waals surface area contributed by atoms with E-state index in [9.17, 15) is 18.3 Å². The van der Waals surface area contributed by atoms with Crippen LogP contribution in [0, 0.1) is 11.8 Å². The lowest BCUT2D eigenvalue weighted by atomic mass is 9.73. The van der Waals surface area contributed by atoms with Crippen LogP contribution in [-0.2, 0) is 0 Å². The molecule has 1 aliphatic rings. The van der Waals surface area contributed by atoms with Crippen molar-refractivity contribution in [3.05, 3.63) is 0 Å². The Hall–Kier alpha value is -0.290. The van der Waals surface area contributed by atoms with Crippen molar-refractivity contribution in [2.45, 2.75) is 51.2 Å². The van der Waals surface area contributed by atoms with Gasteiger partial charge in [-0.25, -0.2) is 0 Å². The molecule has 1 fully saturated rings. The van der Waals surface area contributed by atoms with Gasteiger partial charge in [-0.3, -0.25) is 0 Å². The Morgan fingerprint density at radius 3 is 2.18 bits per heavy atom. The largest absolute Gasteiger partial charge is 0.401 e. The molecule has 0 aromatic rings. The molecule has 0 saturated heterocycles. The lowest BCUT2D eigenvalue weighted by molar-refractivity contribution is -0.131. The molecule has 2 nitrogen and oxygen atoms in total. The number of aliphatic hydroxyl groups excluding tert-OH is 1. The number of halogens is 3. The molecule has 5 heteroatoms. The molecule has 1 aliphatic carbocycles. The molecule has 0 radical (unpaired) electrons. The average molecular weight is 253 g/mol. The second kappa shape index (κ2) is 5.57. The maximum absolute atomic E-state index is 12.2. The van der Waals surface area contributed by atoms with E-state index in [-0.39, 0.29) is 6.61 Å². The molecule has 102 valence electrons. The number of rotatable bonds is 4. The lowest BCUT2D eigenvalue weighted by Gasteiger charge is -2.41. The number of hydrogen-bond donors (Lipinski definition) is 2.